The van der Waals surface area contributed by atoms with Gasteiger partial charge in [0, 0.05) is 12.1 Å². The molecule has 1 saturated carbocycles. The molecule has 90 valence electrons. The van der Waals surface area contributed by atoms with Crippen LogP contribution in [0.15, 0.2) is 18.6 Å². The van der Waals surface area contributed by atoms with E-state index in [9.17, 15) is 0 Å². The van der Waals surface area contributed by atoms with E-state index in [2.05, 4.69) is 15.6 Å². The molecule has 16 heavy (non-hydrogen) atoms. The van der Waals surface area contributed by atoms with Crippen LogP contribution in [0.1, 0.15) is 37.4 Å². The first kappa shape index (κ1) is 13.6. The molecule has 0 amide bonds. The average molecular weight is 262 g/mol. The summed E-state index contributed by atoms with van der Waals surface area (Å²) in [6.45, 7) is 0. The second-order valence-electron chi connectivity index (χ2n) is 4.35. The van der Waals surface area contributed by atoms with Crippen molar-refractivity contribution >= 4 is 30.4 Å². The van der Waals surface area contributed by atoms with Gasteiger partial charge in [-0.1, -0.05) is 6.08 Å². The Morgan fingerprint density at radius 3 is 2.62 bits per heavy atom. The van der Waals surface area contributed by atoms with Crippen LogP contribution in [0.25, 0.3) is 5.57 Å². The molecule has 0 spiro atoms. The smallest absolute Gasteiger partial charge is 0.0953 e. The normalized spacial score (nSPS) is 23.3. The molecule has 1 heterocycles. The van der Waals surface area contributed by atoms with Gasteiger partial charge in [0.25, 0.3) is 0 Å². The zero-order valence-corrected chi connectivity index (χ0v) is 10.6. The summed E-state index contributed by atoms with van der Waals surface area (Å²) in [5, 5.41) is 0. The molecule has 5 heteroatoms. The van der Waals surface area contributed by atoms with Crippen molar-refractivity contribution in [2.75, 3.05) is 0 Å². The van der Waals surface area contributed by atoms with Crippen molar-refractivity contribution in [3.05, 3.63) is 24.3 Å². The van der Waals surface area contributed by atoms with Gasteiger partial charge in [0.2, 0.25) is 0 Å². The maximum Gasteiger partial charge on any atom is 0.0953 e. The van der Waals surface area contributed by atoms with Gasteiger partial charge in [-0.25, -0.2) is 4.98 Å². The fourth-order valence-electron chi connectivity index (χ4n) is 2.15. The Kier molecular flexibility index (Phi) is 4.42. The summed E-state index contributed by atoms with van der Waals surface area (Å²) in [6, 6.07) is 1.04. The Hall–Kier alpha value is -0.510. The Labute approximate surface area is 108 Å². The topological polar surface area (TPSA) is 43.8 Å². The molecule has 1 fully saturated rings. The van der Waals surface area contributed by atoms with Gasteiger partial charge in [-0.2, -0.15) is 0 Å². The summed E-state index contributed by atoms with van der Waals surface area (Å²) in [6.07, 6.45) is 10.8. The third kappa shape index (κ3) is 2.42. The first-order valence-electron chi connectivity index (χ1n) is 5.31. The number of rotatable bonds is 2. The summed E-state index contributed by atoms with van der Waals surface area (Å²) in [5.74, 6) is 0. The molecule has 0 radical (unpaired) electrons. The molecule has 0 aromatic carbocycles. The minimum Gasteiger partial charge on any atom is -0.328 e. The largest absolute Gasteiger partial charge is 0.328 e. The van der Waals surface area contributed by atoms with Crippen LogP contribution in [-0.2, 0) is 0 Å². The van der Waals surface area contributed by atoms with E-state index in [4.69, 9.17) is 5.73 Å². The van der Waals surface area contributed by atoms with Crippen molar-refractivity contribution in [1.29, 1.82) is 0 Å². The van der Waals surface area contributed by atoms with E-state index < -0.39 is 0 Å². The quantitative estimate of drug-likeness (QED) is 0.890. The lowest BCUT2D eigenvalue weighted by molar-refractivity contribution is 0.713. The molecule has 1 aromatic heterocycles. The maximum atomic E-state index is 5.89. The first-order chi connectivity index (χ1) is 6.84. The highest BCUT2D eigenvalue weighted by Crippen LogP contribution is 2.38. The van der Waals surface area contributed by atoms with Gasteiger partial charge < -0.3 is 10.3 Å². The summed E-state index contributed by atoms with van der Waals surface area (Å²) >= 11 is 0. The number of halogens is 2. The predicted molar refractivity (Wildman–Crippen MR) is 70.2 cm³/mol. The molecule has 0 aliphatic heterocycles. The van der Waals surface area contributed by atoms with Crippen molar-refractivity contribution in [1.82, 2.24) is 9.55 Å². The standard InChI is InChI=1S/C11H15N3.2ClH/c12-9-2-1-8(5-9)11-6-13-7-14(11)10-3-4-10;;/h1,6-7,9-10H,2-5,12H2;2*1H. The highest BCUT2D eigenvalue weighted by molar-refractivity contribution is 5.85. The Morgan fingerprint density at radius 2 is 2.06 bits per heavy atom. The van der Waals surface area contributed by atoms with Crippen LogP contribution < -0.4 is 5.73 Å². The van der Waals surface area contributed by atoms with E-state index in [0.29, 0.717) is 12.1 Å². The first-order valence-corrected chi connectivity index (χ1v) is 5.31. The van der Waals surface area contributed by atoms with Crippen LogP contribution >= 0.6 is 24.8 Å². The number of aromatic nitrogens is 2. The molecular formula is C11H17Cl2N3. The molecule has 1 aromatic rings. The van der Waals surface area contributed by atoms with E-state index in [0.717, 1.165) is 12.8 Å². The molecule has 2 aliphatic carbocycles. The fourth-order valence-corrected chi connectivity index (χ4v) is 2.15. The van der Waals surface area contributed by atoms with E-state index in [1.807, 2.05) is 12.5 Å². The van der Waals surface area contributed by atoms with Crippen molar-refractivity contribution < 1.29 is 0 Å². The number of imidazole rings is 1. The Bertz CT molecular complexity index is 382. The molecule has 2 aliphatic rings. The zero-order chi connectivity index (χ0) is 9.54. The second kappa shape index (κ2) is 5.21. The Morgan fingerprint density at radius 1 is 1.31 bits per heavy atom. The minimum atomic E-state index is 0. The molecule has 0 saturated heterocycles. The monoisotopic (exact) mass is 261 g/mol. The number of nitrogens with two attached hydrogens (primary N) is 1. The van der Waals surface area contributed by atoms with Gasteiger partial charge >= 0.3 is 0 Å². The maximum absolute atomic E-state index is 5.89. The summed E-state index contributed by atoms with van der Waals surface area (Å²) < 4.78 is 2.31. The molecule has 1 unspecified atom stereocenters. The van der Waals surface area contributed by atoms with Crippen molar-refractivity contribution in [2.45, 2.75) is 37.8 Å². The van der Waals surface area contributed by atoms with Crippen molar-refractivity contribution in [3.8, 4) is 0 Å². The lowest BCUT2D eigenvalue weighted by Gasteiger charge is -2.07. The van der Waals surface area contributed by atoms with Gasteiger partial charge in [0.05, 0.1) is 18.2 Å². The summed E-state index contributed by atoms with van der Waals surface area (Å²) in [5.41, 5.74) is 8.57. The third-order valence-corrected chi connectivity index (χ3v) is 3.08. The van der Waals surface area contributed by atoms with Gasteiger partial charge in [-0.3, -0.25) is 0 Å². The molecule has 0 bridgehead atoms. The fraction of sp³-hybridized carbons (Fsp3) is 0.545. The van der Waals surface area contributed by atoms with Crippen molar-refractivity contribution in [2.24, 2.45) is 5.73 Å². The van der Waals surface area contributed by atoms with Gasteiger partial charge in [-0.15, -0.1) is 24.8 Å². The van der Waals surface area contributed by atoms with Gasteiger partial charge in [0.1, 0.15) is 0 Å². The summed E-state index contributed by atoms with van der Waals surface area (Å²) in [4.78, 5) is 4.23. The molecule has 3 rings (SSSR count). The molecule has 3 nitrogen and oxygen atoms in total. The van der Waals surface area contributed by atoms with Crippen LogP contribution in [-0.4, -0.2) is 15.6 Å². The predicted octanol–water partition coefficient (Wildman–Crippen LogP) is 2.57. The van der Waals surface area contributed by atoms with Crippen molar-refractivity contribution in [3.63, 3.8) is 0 Å². The number of hydrogen-bond acceptors (Lipinski definition) is 2. The highest BCUT2D eigenvalue weighted by atomic mass is 35.5. The van der Waals surface area contributed by atoms with Crippen LogP contribution in [0.3, 0.4) is 0 Å². The van der Waals surface area contributed by atoms with E-state index in [1.165, 1.54) is 24.1 Å². The van der Waals surface area contributed by atoms with Crippen LogP contribution in [0.4, 0.5) is 0 Å². The van der Waals surface area contributed by atoms with Gasteiger partial charge in [-0.05, 0) is 31.3 Å². The highest BCUT2D eigenvalue weighted by Gasteiger charge is 2.27. The minimum absolute atomic E-state index is 0. The van der Waals surface area contributed by atoms with Crippen LogP contribution in [0.5, 0.6) is 0 Å². The SMILES string of the molecule is Cl.Cl.NC1CC=C(c2cncn2C2CC2)C1. The zero-order valence-electron chi connectivity index (χ0n) is 9.00. The average Bonchev–Trinajstić information content (AvgIpc) is 2.75. The van der Waals surface area contributed by atoms with E-state index in [1.54, 1.807) is 0 Å². The Balaban J connectivity index is 0.000000640. The van der Waals surface area contributed by atoms with Crippen LogP contribution in [0.2, 0.25) is 0 Å². The van der Waals surface area contributed by atoms with Crippen LogP contribution in [0, 0.1) is 0 Å². The summed E-state index contributed by atoms with van der Waals surface area (Å²) in [7, 11) is 0. The number of hydrogen-bond donors (Lipinski definition) is 1. The second-order valence-corrected chi connectivity index (χ2v) is 4.35. The lowest BCUT2D eigenvalue weighted by atomic mass is 10.1. The molecule has 1 atom stereocenters. The lowest BCUT2D eigenvalue weighted by Crippen LogP contribution is -2.15. The number of nitrogens with zero attached hydrogens (tertiary/aromatic N) is 2. The van der Waals surface area contributed by atoms with Gasteiger partial charge in [0.15, 0.2) is 0 Å². The van der Waals surface area contributed by atoms with E-state index in [-0.39, 0.29) is 24.8 Å². The third-order valence-electron chi connectivity index (χ3n) is 3.08. The molecule has 2 N–H and O–H groups in total. The molecular weight excluding hydrogens is 245 g/mol. The van der Waals surface area contributed by atoms with E-state index >= 15 is 0 Å².